The normalized spacial score (nSPS) is 11.3. The Balaban J connectivity index is 1.62. The molecular formula is C23H29N5O3. The van der Waals surface area contributed by atoms with E-state index < -0.39 is 0 Å². The van der Waals surface area contributed by atoms with Crippen molar-refractivity contribution >= 4 is 22.8 Å². The van der Waals surface area contributed by atoms with Crippen molar-refractivity contribution in [2.45, 2.75) is 46.1 Å². The lowest BCUT2D eigenvalue weighted by atomic mass is 10.0. The average molecular weight is 424 g/mol. The summed E-state index contributed by atoms with van der Waals surface area (Å²) in [5.74, 6) is -0.220. The van der Waals surface area contributed by atoms with Gasteiger partial charge in [-0.3, -0.25) is 9.59 Å². The Kier molecular flexibility index (Phi) is 6.89. The molecule has 0 spiro atoms. The molecule has 0 aliphatic heterocycles. The van der Waals surface area contributed by atoms with E-state index in [9.17, 15) is 14.7 Å². The lowest BCUT2D eigenvalue weighted by Gasteiger charge is -2.12. The molecule has 0 saturated carbocycles. The molecule has 0 bridgehead atoms. The molecule has 8 heteroatoms. The second-order valence-corrected chi connectivity index (χ2v) is 8.09. The lowest BCUT2D eigenvalue weighted by Crippen LogP contribution is -2.30. The van der Waals surface area contributed by atoms with Crippen LogP contribution in [0.1, 0.15) is 72.5 Å². The molecule has 0 radical (unpaired) electrons. The largest absolute Gasteiger partial charge is 0.508 e. The SMILES string of the molecule is CC(C)c1cc(C(=O)NCCCNC(=O)c2cccc(O)c2)c2cnn(C(C)C)c2n1. The van der Waals surface area contributed by atoms with Gasteiger partial charge in [-0.05, 0) is 50.5 Å². The number of carbonyl (C=O) groups is 2. The Bertz CT molecular complexity index is 1090. The summed E-state index contributed by atoms with van der Waals surface area (Å²) < 4.78 is 1.83. The van der Waals surface area contributed by atoms with Gasteiger partial charge in [0.15, 0.2) is 5.65 Å². The third-order valence-electron chi connectivity index (χ3n) is 4.94. The van der Waals surface area contributed by atoms with E-state index in [2.05, 4.69) is 15.7 Å². The van der Waals surface area contributed by atoms with Crippen LogP contribution in [-0.2, 0) is 0 Å². The number of phenols is 1. The number of amides is 2. The van der Waals surface area contributed by atoms with E-state index in [-0.39, 0.29) is 29.5 Å². The number of hydrogen-bond donors (Lipinski definition) is 3. The van der Waals surface area contributed by atoms with Crippen LogP contribution in [0.2, 0.25) is 0 Å². The van der Waals surface area contributed by atoms with Crippen LogP contribution < -0.4 is 10.6 Å². The van der Waals surface area contributed by atoms with Crippen molar-refractivity contribution in [3.63, 3.8) is 0 Å². The molecule has 3 N–H and O–H groups in total. The number of pyridine rings is 1. The monoisotopic (exact) mass is 423 g/mol. The highest BCUT2D eigenvalue weighted by atomic mass is 16.3. The van der Waals surface area contributed by atoms with Crippen LogP contribution >= 0.6 is 0 Å². The molecular weight excluding hydrogens is 394 g/mol. The zero-order chi connectivity index (χ0) is 22.5. The standard InChI is InChI=1S/C23H29N5O3/c1-14(2)20-12-18(19-13-26-28(15(3)4)21(19)27-20)23(31)25-10-6-9-24-22(30)16-7-5-8-17(29)11-16/h5,7-8,11-15,29H,6,9-10H2,1-4H3,(H,24,30)(H,25,31). The number of aromatic nitrogens is 3. The van der Waals surface area contributed by atoms with Crippen molar-refractivity contribution in [3.05, 3.63) is 53.3 Å². The molecule has 2 aromatic heterocycles. The summed E-state index contributed by atoms with van der Waals surface area (Å²) >= 11 is 0. The maximum Gasteiger partial charge on any atom is 0.252 e. The Hall–Kier alpha value is -3.42. The van der Waals surface area contributed by atoms with Crippen molar-refractivity contribution in [2.24, 2.45) is 0 Å². The smallest absolute Gasteiger partial charge is 0.252 e. The van der Waals surface area contributed by atoms with Crippen molar-refractivity contribution in [3.8, 4) is 5.75 Å². The minimum Gasteiger partial charge on any atom is -0.508 e. The molecule has 1 aromatic carbocycles. The van der Waals surface area contributed by atoms with Gasteiger partial charge in [0.05, 0.1) is 17.1 Å². The van der Waals surface area contributed by atoms with Crippen molar-refractivity contribution in [2.75, 3.05) is 13.1 Å². The van der Waals surface area contributed by atoms with E-state index in [4.69, 9.17) is 4.98 Å². The van der Waals surface area contributed by atoms with Gasteiger partial charge in [-0.2, -0.15) is 5.10 Å². The van der Waals surface area contributed by atoms with Crippen LogP contribution in [0.4, 0.5) is 0 Å². The second-order valence-electron chi connectivity index (χ2n) is 8.09. The number of hydrogen-bond acceptors (Lipinski definition) is 5. The van der Waals surface area contributed by atoms with Crippen molar-refractivity contribution < 1.29 is 14.7 Å². The first-order chi connectivity index (χ1) is 14.8. The molecule has 8 nitrogen and oxygen atoms in total. The van der Waals surface area contributed by atoms with Crippen molar-refractivity contribution in [1.29, 1.82) is 0 Å². The molecule has 2 heterocycles. The lowest BCUT2D eigenvalue weighted by molar-refractivity contribution is 0.0952. The number of aromatic hydroxyl groups is 1. The molecule has 31 heavy (non-hydrogen) atoms. The van der Waals surface area contributed by atoms with Gasteiger partial charge < -0.3 is 15.7 Å². The first-order valence-electron chi connectivity index (χ1n) is 10.5. The van der Waals surface area contributed by atoms with Crippen LogP contribution in [0.3, 0.4) is 0 Å². The first-order valence-corrected chi connectivity index (χ1v) is 10.5. The highest BCUT2D eigenvalue weighted by Gasteiger charge is 2.18. The average Bonchev–Trinajstić information content (AvgIpc) is 3.16. The summed E-state index contributed by atoms with van der Waals surface area (Å²) in [5, 5.41) is 20.3. The minimum absolute atomic E-state index is 0.0464. The Morgan fingerprint density at radius 2 is 1.77 bits per heavy atom. The van der Waals surface area contributed by atoms with E-state index >= 15 is 0 Å². The van der Waals surface area contributed by atoms with Crippen LogP contribution in [0, 0.1) is 0 Å². The maximum atomic E-state index is 12.9. The van der Waals surface area contributed by atoms with E-state index in [1.807, 2.05) is 38.4 Å². The predicted octanol–water partition coefficient (Wildman–Crippen LogP) is 3.39. The van der Waals surface area contributed by atoms with E-state index in [1.54, 1.807) is 18.3 Å². The van der Waals surface area contributed by atoms with Crippen molar-refractivity contribution in [1.82, 2.24) is 25.4 Å². The first kappa shape index (κ1) is 22.3. The van der Waals surface area contributed by atoms with Gasteiger partial charge in [-0.1, -0.05) is 19.9 Å². The molecule has 3 aromatic rings. The molecule has 0 fully saturated rings. The summed E-state index contributed by atoms with van der Waals surface area (Å²) in [5.41, 5.74) is 2.51. The summed E-state index contributed by atoms with van der Waals surface area (Å²) in [6.45, 7) is 8.96. The topological polar surface area (TPSA) is 109 Å². The predicted molar refractivity (Wildman–Crippen MR) is 119 cm³/mol. The molecule has 3 rings (SSSR count). The minimum atomic E-state index is -0.263. The van der Waals surface area contributed by atoms with Gasteiger partial charge >= 0.3 is 0 Å². The Morgan fingerprint density at radius 1 is 1.06 bits per heavy atom. The molecule has 164 valence electrons. The van der Waals surface area contributed by atoms with Gasteiger partial charge in [-0.15, -0.1) is 0 Å². The molecule has 0 saturated heterocycles. The van der Waals surface area contributed by atoms with Gasteiger partial charge in [0.25, 0.3) is 11.8 Å². The summed E-state index contributed by atoms with van der Waals surface area (Å²) in [4.78, 5) is 29.7. The number of nitrogens with zero attached hydrogens (tertiary/aromatic N) is 3. The summed E-state index contributed by atoms with van der Waals surface area (Å²) in [6.07, 6.45) is 2.27. The third-order valence-corrected chi connectivity index (χ3v) is 4.94. The second kappa shape index (κ2) is 9.59. The fourth-order valence-electron chi connectivity index (χ4n) is 3.24. The number of carbonyl (C=O) groups excluding carboxylic acids is 2. The number of rotatable bonds is 8. The van der Waals surface area contributed by atoms with E-state index in [0.29, 0.717) is 36.3 Å². The number of nitrogens with one attached hydrogen (secondary N) is 2. The fourth-order valence-corrected chi connectivity index (χ4v) is 3.24. The van der Waals surface area contributed by atoms with Gasteiger partial charge in [0.2, 0.25) is 0 Å². The van der Waals surface area contributed by atoms with Crippen LogP contribution in [0.25, 0.3) is 11.0 Å². The van der Waals surface area contributed by atoms with Crippen LogP contribution in [0.5, 0.6) is 5.75 Å². The molecule has 0 unspecified atom stereocenters. The summed E-state index contributed by atoms with van der Waals surface area (Å²) in [7, 11) is 0. The number of fused-ring (bicyclic) bond motifs is 1. The van der Waals surface area contributed by atoms with Crippen LogP contribution in [0.15, 0.2) is 36.5 Å². The Morgan fingerprint density at radius 3 is 2.42 bits per heavy atom. The van der Waals surface area contributed by atoms with E-state index in [0.717, 1.165) is 11.1 Å². The molecule has 0 aliphatic carbocycles. The highest BCUT2D eigenvalue weighted by Crippen LogP contribution is 2.24. The maximum absolute atomic E-state index is 12.9. The zero-order valence-electron chi connectivity index (χ0n) is 18.3. The van der Waals surface area contributed by atoms with Crippen LogP contribution in [-0.4, -0.2) is 44.8 Å². The van der Waals surface area contributed by atoms with Gasteiger partial charge in [0.1, 0.15) is 5.75 Å². The molecule has 0 atom stereocenters. The van der Waals surface area contributed by atoms with Gasteiger partial charge in [-0.25, -0.2) is 9.67 Å². The molecule has 0 aliphatic rings. The third kappa shape index (κ3) is 5.20. The quantitative estimate of drug-likeness (QED) is 0.481. The number of phenolic OH excluding ortho intramolecular Hbond substituents is 1. The summed E-state index contributed by atoms with van der Waals surface area (Å²) in [6, 6.07) is 8.15. The van der Waals surface area contributed by atoms with Gasteiger partial charge in [0, 0.05) is 30.4 Å². The Labute approximate surface area is 181 Å². The fraction of sp³-hybridized carbons (Fsp3) is 0.391. The zero-order valence-corrected chi connectivity index (χ0v) is 18.3. The number of benzene rings is 1. The molecule has 2 amide bonds. The van der Waals surface area contributed by atoms with E-state index in [1.165, 1.54) is 12.1 Å². The highest BCUT2D eigenvalue weighted by molar-refractivity contribution is 6.05.